The van der Waals surface area contributed by atoms with Crippen LogP contribution in [0.5, 0.6) is 0 Å². The molecule has 2 rings (SSSR count). The molecule has 94 valence electrons. The number of carbonyl (C=O) groups excluding carboxylic acids is 1. The van der Waals surface area contributed by atoms with Gasteiger partial charge in [0.2, 0.25) is 0 Å². The van der Waals surface area contributed by atoms with Crippen molar-refractivity contribution in [3.05, 3.63) is 56.2 Å². The van der Waals surface area contributed by atoms with Crippen LogP contribution >= 0.6 is 27.3 Å². The maximum Gasteiger partial charge on any atom is 0.251 e. The molecule has 2 aromatic rings. The van der Waals surface area contributed by atoms with Crippen molar-refractivity contribution in [3.8, 4) is 0 Å². The molecule has 0 saturated heterocycles. The Hall–Kier alpha value is -1.13. The highest BCUT2D eigenvalue weighted by Crippen LogP contribution is 2.22. The van der Waals surface area contributed by atoms with Gasteiger partial charge in [-0.05, 0) is 44.2 Å². The van der Waals surface area contributed by atoms with E-state index in [-0.39, 0.29) is 11.9 Å². The Bertz CT molecular complexity index is 564. The first-order chi connectivity index (χ1) is 8.56. The van der Waals surface area contributed by atoms with Crippen LogP contribution < -0.4 is 5.32 Å². The van der Waals surface area contributed by atoms with Crippen LogP contribution in [0.3, 0.4) is 0 Å². The Morgan fingerprint density at radius 2 is 2.11 bits per heavy atom. The zero-order chi connectivity index (χ0) is 13.1. The van der Waals surface area contributed by atoms with Gasteiger partial charge in [0.05, 0.1) is 6.04 Å². The van der Waals surface area contributed by atoms with Crippen LogP contribution in [0.1, 0.15) is 33.1 Å². The maximum absolute atomic E-state index is 12.1. The molecule has 0 aliphatic heterocycles. The van der Waals surface area contributed by atoms with Crippen LogP contribution in [0.15, 0.2) is 40.9 Å². The van der Waals surface area contributed by atoms with Gasteiger partial charge in [0.1, 0.15) is 0 Å². The lowest BCUT2D eigenvalue weighted by Crippen LogP contribution is -2.26. The first-order valence-electron chi connectivity index (χ1n) is 5.69. The fourth-order valence-corrected chi connectivity index (χ4v) is 2.95. The van der Waals surface area contributed by atoms with E-state index in [9.17, 15) is 4.79 Å². The summed E-state index contributed by atoms with van der Waals surface area (Å²) in [5.41, 5.74) is 0.671. The normalized spacial score (nSPS) is 12.2. The quantitative estimate of drug-likeness (QED) is 0.895. The van der Waals surface area contributed by atoms with E-state index in [1.807, 2.05) is 31.2 Å². The summed E-state index contributed by atoms with van der Waals surface area (Å²) < 4.78 is 0.912. The molecule has 0 radical (unpaired) electrons. The third-order valence-electron chi connectivity index (χ3n) is 2.62. The number of benzene rings is 1. The van der Waals surface area contributed by atoms with Crippen molar-refractivity contribution >= 4 is 33.2 Å². The van der Waals surface area contributed by atoms with Gasteiger partial charge in [-0.2, -0.15) is 0 Å². The number of hydrogen-bond acceptors (Lipinski definition) is 2. The van der Waals surface area contributed by atoms with Gasteiger partial charge in [0.15, 0.2) is 0 Å². The average molecular weight is 324 g/mol. The molecular weight excluding hydrogens is 310 g/mol. The summed E-state index contributed by atoms with van der Waals surface area (Å²) in [4.78, 5) is 14.5. The minimum absolute atomic E-state index is 0.0372. The summed E-state index contributed by atoms with van der Waals surface area (Å²) in [7, 11) is 0. The van der Waals surface area contributed by atoms with E-state index < -0.39 is 0 Å². The number of thiophene rings is 1. The van der Waals surface area contributed by atoms with Gasteiger partial charge < -0.3 is 5.32 Å². The molecule has 1 atom stereocenters. The Morgan fingerprint density at radius 3 is 2.72 bits per heavy atom. The van der Waals surface area contributed by atoms with Gasteiger partial charge in [-0.25, -0.2) is 0 Å². The Kier molecular flexibility index (Phi) is 4.19. The van der Waals surface area contributed by atoms with Crippen LogP contribution in [0, 0.1) is 6.92 Å². The number of hydrogen-bond donors (Lipinski definition) is 1. The topological polar surface area (TPSA) is 29.1 Å². The lowest BCUT2D eigenvalue weighted by molar-refractivity contribution is 0.0940. The first kappa shape index (κ1) is 13.3. The number of carbonyl (C=O) groups is 1. The molecule has 4 heteroatoms. The van der Waals surface area contributed by atoms with E-state index in [2.05, 4.69) is 40.3 Å². The number of nitrogens with one attached hydrogen (secondary N) is 1. The molecule has 1 aromatic heterocycles. The van der Waals surface area contributed by atoms with E-state index in [0.717, 1.165) is 4.47 Å². The van der Waals surface area contributed by atoms with Crippen LogP contribution in [0.2, 0.25) is 0 Å². The van der Waals surface area contributed by atoms with Crippen molar-refractivity contribution in [2.24, 2.45) is 0 Å². The molecule has 1 heterocycles. The fourth-order valence-electron chi connectivity index (χ4n) is 1.67. The number of rotatable bonds is 3. The summed E-state index contributed by atoms with van der Waals surface area (Å²) in [5, 5.41) is 3.00. The molecule has 0 aliphatic carbocycles. The zero-order valence-corrected chi connectivity index (χ0v) is 12.6. The SMILES string of the molecule is Cc1ccc(C(C)NC(=O)c2cccc(Br)c2)s1. The van der Waals surface area contributed by atoms with Gasteiger partial charge in [-0.15, -0.1) is 11.3 Å². The second-order valence-electron chi connectivity index (χ2n) is 4.15. The van der Waals surface area contributed by atoms with Gasteiger partial charge in [0.25, 0.3) is 5.91 Å². The molecular formula is C14H14BrNOS. The number of amides is 1. The maximum atomic E-state index is 12.1. The lowest BCUT2D eigenvalue weighted by Gasteiger charge is -2.12. The molecule has 1 unspecified atom stereocenters. The monoisotopic (exact) mass is 323 g/mol. The third kappa shape index (κ3) is 3.21. The van der Waals surface area contributed by atoms with Crippen LogP contribution in [-0.4, -0.2) is 5.91 Å². The lowest BCUT2D eigenvalue weighted by atomic mass is 10.2. The van der Waals surface area contributed by atoms with Crippen molar-refractivity contribution in [3.63, 3.8) is 0 Å². The fraction of sp³-hybridized carbons (Fsp3) is 0.214. The largest absolute Gasteiger partial charge is 0.345 e. The van der Waals surface area contributed by atoms with Gasteiger partial charge >= 0.3 is 0 Å². The highest BCUT2D eigenvalue weighted by atomic mass is 79.9. The Balaban J connectivity index is 2.08. The summed E-state index contributed by atoms with van der Waals surface area (Å²) in [5.74, 6) is -0.0464. The molecule has 18 heavy (non-hydrogen) atoms. The van der Waals surface area contributed by atoms with Crippen molar-refractivity contribution in [1.29, 1.82) is 0 Å². The molecule has 1 N–H and O–H groups in total. The first-order valence-corrected chi connectivity index (χ1v) is 7.30. The molecule has 0 bridgehead atoms. The zero-order valence-electron chi connectivity index (χ0n) is 10.2. The minimum Gasteiger partial charge on any atom is -0.345 e. The van der Waals surface area contributed by atoms with E-state index in [0.29, 0.717) is 5.56 Å². The Labute approximate surface area is 119 Å². The van der Waals surface area contributed by atoms with Crippen molar-refractivity contribution in [2.75, 3.05) is 0 Å². The van der Waals surface area contributed by atoms with Crippen LogP contribution in [-0.2, 0) is 0 Å². The smallest absolute Gasteiger partial charge is 0.251 e. The standard InChI is InChI=1S/C14H14BrNOS/c1-9-6-7-13(18-9)10(2)16-14(17)11-4-3-5-12(15)8-11/h3-8,10H,1-2H3,(H,16,17). The molecule has 0 spiro atoms. The second-order valence-corrected chi connectivity index (χ2v) is 6.39. The minimum atomic E-state index is -0.0464. The van der Waals surface area contributed by atoms with Gasteiger partial charge in [-0.3, -0.25) is 4.79 Å². The van der Waals surface area contributed by atoms with Gasteiger partial charge in [0, 0.05) is 19.8 Å². The summed E-state index contributed by atoms with van der Waals surface area (Å²) in [6.45, 7) is 4.07. The van der Waals surface area contributed by atoms with Crippen LogP contribution in [0.4, 0.5) is 0 Å². The number of halogens is 1. The third-order valence-corrected chi connectivity index (χ3v) is 4.30. The molecule has 0 saturated carbocycles. The predicted octanol–water partition coefficient (Wildman–Crippen LogP) is 4.31. The van der Waals surface area contributed by atoms with Crippen molar-refractivity contribution in [2.45, 2.75) is 19.9 Å². The van der Waals surface area contributed by atoms with E-state index in [1.165, 1.54) is 9.75 Å². The van der Waals surface area contributed by atoms with E-state index in [1.54, 1.807) is 11.3 Å². The summed E-state index contributed by atoms with van der Waals surface area (Å²) >= 11 is 5.08. The van der Waals surface area contributed by atoms with E-state index in [4.69, 9.17) is 0 Å². The summed E-state index contributed by atoms with van der Waals surface area (Å²) in [6.07, 6.45) is 0. The van der Waals surface area contributed by atoms with E-state index >= 15 is 0 Å². The van der Waals surface area contributed by atoms with Crippen molar-refractivity contribution in [1.82, 2.24) is 5.32 Å². The highest BCUT2D eigenvalue weighted by molar-refractivity contribution is 9.10. The van der Waals surface area contributed by atoms with Crippen LogP contribution in [0.25, 0.3) is 0 Å². The van der Waals surface area contributed by atoms with Gasteiger partial charge in [-0.1, -0.05) is 22.0 Å². The molecule has 0 fully saturated rings. The predicted molar refractivity (Wildman–Crippen MR) is 79.1 cm³/mol. The average Bonchev–Trinajstić information content (AvgIpc) is 2.76. The number of aryl methyl sites for hydroxylation is 1. The molecule has 0 aliphatic rings. The molecule has 1 amide bonds. The molecule has 2 nitrogen and oxygen atoms in total. The highest BCUT2D eigenvalue weighted by Gasteiger charge is 2.12. The second kappa shape index (κ2) is 5.67. The molecule has 1 aromatic carbocycles. The summed E-state index contributed by atoms with van der Waals surface area (Å²) in [6, 6.07) is 11.6. The Morgan fingerprint density at radius 1 is 1.33 bits per heavy atom. The van der Waals surface area contributed by atoms with Crippen molar-refractivity contribution < 1.29 is 4.79 Å².